The molecule has 1 spiro atoms. The molecule has 2 N–H and O–H groups in total. The Morgan fingerprint density at radius 2 is 1.84 bits per heavy atom. The van der Waals surface area contributed by atoms with Crippen LogP contribution in [0.2, 0.25) is 0 Å². The summed E-state index contributed by atoms with van der Waals surface area (Å²) in [5.74, 6) is 1.02. The Morgan fingerprint density at radius 1 is 1.06 bits per heavy atom. The Morgan fingerprint density at radius 3 is 2.62 bits per heavy atom. The zero-order chi connectivity index (χ0) is 21.9. The second kappa shape index (κ2) is 7.14. The summed E-state index contributed by atoms with van der Waals surface area (Å²) in [6, 6.07) is 14.7. The van der Waals surface area contributed by atoms with Gasteiger partial charge in [-0.2, -0.15) is 5.10 Å². The van der Waals surface area contributed by atoms with E-state index >= 15 is 0 Å². The van der Waals surface area contributed by atoms with Gasteiger partial charge in [0.1, 0.15) is 5.52 Å². The molecule has 1 saturated heterocycles. The minimum absolute atomic E-state index is 0.0893. The smallest absolute Gasteiger partial charge is 0.155 e. The van der Waals surface area contributed by atoms with Gasteiger partial charge in [0.15, 0.2) is 5.82 Å². The maximum absolute atomic E-state index is 6.82. The van der Waals surface area contributed by atoms with Crippen molar-refractivity contribution in [1.29, 1.82) is 0 Å². The van der Waals surface area contributed by atoms with E-state index in [0.717, 1.165) is 66.3 Å². The number of hydrogen-bond donors (Lipinski definition) is 1. The van der Waals surface area contributed by atoms with Gasteiger partial charge < -0.3 is 10.6 Å². The Hall–Kier alpha value is -3.25. The Bertz CT molecular complexity index is 1300. The summed E-state index contributed by atoms with van der Waals surface area (Å²) in [6.45, 7) is 6.03. The molecule has 1 aliphatic heterocycles. The summed E-state index contributed by atoms with van der Waals surface area (Å²) >= 11 is 0. The highest BCUT2D eigenvalue weighted by Crippen LogP contribution is 2.51. The molecule has 0 saturated carbocycles. The predicted octanol–water partition coefficient (Wildman–Crippen LogP) is 4.25. The van der Waals surface area contributed by atoms with Crippen LogP contribution in [0.1, 0.15) is 41.4 Å². The number of nitrogens with two attached hydrogens (primary N) is 1. The number of nitrogens with zero attached hydrogens (tertiary/aromatic N) is 5. The first-order chi connectivity index (χ1) is 15.6. The summed E-state index contributed by atoms with van der Waals surface area (Å²) in [7, 11) is 0. The number of piperidine rings is 1. The van der Waals surface area contributed by atoms with Gasteiger partial charge in [0.2, 0.25) is 0 Å². The van der Waals surface area contributed by atoms with Crippen LogP contribution in [-0.4, -0.2) is 32.7 Å². The van der Waals surface area contributed by atoms with Gasteiger partial charge in [-0.15, -0.1) is 0 Å². The molecule has 0 unspecified atom stereocenters. The average molecular weight is 425 g/mol. The van der Waals surface area contributed by atoms with Crippen LogP contribution in [0.15, 0.2) is 54.9 Å². The van der Waals surface area contributed by atoms with Crippen molar-refractivity contribution in [3.63, 3.8) is 0 Å². The van der Waals surface area contributed by atoms with Gasteiger partial charge in [-0.1, -0.05) is 30.3 Å². The maximum atomic E-state index is 6.82. The summed E-state index contributed by atoms with van der Waals surface area (Å²) in [5.41, 5.74) is 14.9. The highest BCUT2D eigenvalue weighted by molar-refractivity contribution is 5.75. The van der Waals surface area contributed by atoms with E-state index in [0.29, 0.717) is 0 Å². The Balaban J connectivity index is 1.32. The van der Waals surface area contributed by atoms with Crippen molar-refractivity contribution in [2.75, 3.05) is 18.0 Å². The van der Waals surface area contributed by atoms with Crippen molar-refractivity contribution in [3.8, 4) is 11.3 Å². The molecule has 162 valence electrons. The SMILES string of the molecule is Cc1cc2c(cn1)CC1(CCN(c3nc(C)c(-c4ccccc4)n4nccc34)CC1)[C@@H]2N. The molecule has 2 aliphatic rings. The molecule has 0 bridgehead atoms. The number of benzene rings is 1. The molecular formula is C26H28N6. The molecule has 6 nitrogen and oxygen atoms in total. The summed E-state index contributed by atoms with van der Waals surface area (Å²) in [6.07, 6.45) is 7.06. The number of aryl methyl sites for hydroxylation is 2. The van der Waals surface area contributed by atoms with E-state index in [4.69, 9.17) is 10.7 Å². The van der Waals surface area contributed by atoms with E-state index in [9.17, 15) is 0 Å². The number of rotatable bonds is 2. The largest absolute Gasteiger partial charge is 0.355 e. The molecule has 1 fully saturated rings. The number of aromatic nitrogens is 4. The molecule has 1 aliphatic carbocycles. The number of pyridine rings is 1. The monoisotopic (exact) mass is 424 g/mol. The molecule has 3 aromatic heterocycles. The molecule has 6 heteroatoms. The fraction of sp³-hybridized carbons (Fsp3) is 0.346. The van der Waals surface area contributed by atoms with Crippen LogP contribution < -0.4 is 10.6 Å². The second-order valence-corrected chi connectivity index (χ2v) is 9.39. The van der Waals surface area contributed by atoms with Gasteiger partial charge in [-0.05, 0) is 61.8 Å². The highest BCUT2D eigenvalue weighted by atomic mass is 15.3. The lowest BCUT2D eigenvalue weighted by atomic mass is 9.73. The lowest BCUT2D eigenvalue weighted by Gasteiger charge is -2.42. The molecule has 6 rings (SSSR count). The molecule has 4 aromatic rings. The zero-order valence-electron chi connectivity index (χ0n) is 18.6. The minimum atomic E-state index is 0.0893. The van der Waals surface area contributed by atoms with E-state index in [1.807, 2.05) is 29.9 Å². The first kappa shape index (κ1) is 19.4. The lowest BCUT2D eigenvalue weighted by Crippen LogP contribution is -2.44. The number of hydrogen-bond acceptors (Lipinski definition) is 5. The van der Waals surface area contributed by atoms with Gasteiger partial charge in [-0.25, -0.2) is 9.50 Å². The molecule has 4 heterocycles. The van der Waals surface area contributed by atoms with Crippen molar-refractivity contribution in [2.45, 2.75) is 39.2 Å². The van der Waals surface area contributed by atoms with E-state index in [2.05, 4.69) is 58.3 Å². The molecule has 1 atom stereocenters. The normalized spacial score (nSPS) is 19.6. The summed E-state index contributed by atoms with van der Waals surface area (Å²) in [5, 5.41) is 4.65. The van der Waals surface area contributed by atoms with Gasteiger partial charge >= 0.3 is 0 Å². The predicted molar refractivity (Wildman–Crippen MR) is 127 cm³/mol. The fourth-order valence-electron chi connectivity index (χ4n) is 5.75. The third-order valence-electron chi connectivity index (χ3n) is 7.50. The van der Waals surface area contributed by atoms with Crippen LogP contribution in [0.3, 0.4) is 0 Å². The summed E-state index contributed by atoms with van der Waals surface area (Å²) in [4.78, 5) is 12.0. The third kappa shape index (κ3) is 2.86. The quantitative estimate of drug-likeness (QED) is 0.521. The standard InChI is InChI=1S/C26H28N6/c1-17-14-21-20(16-28-17)15-26(24(21)27)9-12-31(13-10-26)25-22-8-11-29-32(22)23(18(2)30-25)19-6-4-3-5-7-19/h3-8,11,14,16,24H,9-10,12-13,15,27H2,1-2H3/t24-/m1/s1. The van der Waals surface area contributed by atoms with Crippen LogP contribution in [0.4, 0.5) is 5.82 Å². The molecule has 32 heavy (non-hydrogen) atoms. The van der Waals surface area contributed by atoms with Crippen LogP contribution >= 0.6 is 0 Å². The van der Waals surface area contributed by atoms with E-state index in [-0.39, 0.29) is 11.5 Å². The van der Waals surface area contributed by atoms with E-state index in [1.54, 1.807) is 0 Å². The third-order valence-corrected chi connectivity index (χ3v) is 7.50. The van der Waals surface area contributed by atoms with Crippen LogP contribution in [0.25, 0.3) is 16.8 Å². The van der Waals surface area contributed by atoms with Crippen molar-refractivity contribution >= 4 is 11.3 Å². The minimum Gasteiger partial charge on any atom is -0.355 e. The Labute approximate surface area is 188 Å². The van der Waals surface area contributed by atoms with Crippen molar-refractivity contribution in [1.82, 2.24) is 19.6 Å². The van der Waals surface area contributed by atoms with Gasteiger partial charge in [0.05, 0.1) is 17.6 Å². The van der Waals surface area contributed by atoms with Gasteiger partial charge in [0, 0.05) is 36.6 Å². The van der Waals surface area contributed by atoms with Crippen molar-refractivity contribution in [2.24, 2.45) is 11.1 Å². The van der Waals surface area contributed by atoms with Crippen LogP contribution in [0.5, 0.6) is 0 Å². The topological polar surface area (TPSA) is 72.3 Å². The van der Waals surface area contributed by atoms with Gasteiger partial charge in [0.25, 0.3) is 0 Å². The first-order valence-corrected chi connectivity index (χ1v) is 11.4. The molecule has 1 aromatic carbocycles. The zero-order valence-corrected chi connectivity index (χ0v) is 18.6. The molecular weight excluding hydrogens is 396 g/mol. The van der Waals surface area contributed by atoms with E-state index < -0.39 is 0 Å². The van der Waals surface area contributed by atoms with Crippen molar-refractivity contribution < 1.29 is 0 Å². The summed E-state index contributed by atoms with van der Waals surface area (Å²) < 4.78 is 2.04. The van der Waals surface area contributed by atoms with Crippen LogP contribution in [-0.2, 0) is 6.42 Å². The number of anilines is 1. The second-order valence-electron chi connectivity index (χ2n) is 9.39. The number of fused-ring (bicyclic) bond motifs is 2. The Kier molecular flexibility index (Phi) is 4.33. The van der Waals surface area contributed by atoms with Crippen LogP contribution in [0, 0.1) is 19.3 Å². The maximum Gasteiger partial charge on any atom is 0.155 e. The first-order valence-electron chi connectivity index (χ1n) is 11.4. The van der Waals surface area contributed by atoms with Gasteiger partial charge in [-0.3, -0.25) is 4.98 Å². The van der Waals surface area contributed by atoms with Crippen molar-refractivity contribution in [3.05, 3.63) is 77.4 Å². The molecule has 0 amide bonds. The lowest BCUT2D eigenvalue weighted by molar-refractivity contribution is 0.187. The average Bonchev–Trinajstić information content (AvgIpc) is 3.39. The van der Waals surface area contributed by atoms with E-state index in [1.165, 1.54) is 11.1 Å². The molecule has 0 radical (unpaired) electrons. The fourth-order valence-corrected chi connectivity index (χ4v) is 5.75. The highest BCUT2D eigenvalue weighted by Gasteiger charge is 2.46.